The first-order valence-corrected chi connectivity index (χ1v) is 7.39. The minimum absolute atomic E-state index is 0.349. The van der Waals surface area contributed by atoms with E-state index in [0.29, 0.717) is 11.9 Å². The molecule has 0 aliphatic rings. The Labute approximate surface area is 117 Å². The lowest BCUT2D eigenvalue weighted by molar-refractivity contribution is 0.514. The van der Waals surface area contributed by atoms with Crippen molar-refractivity contribution in [3.8, 4) is 0 Å². The second kappa shape index (κ2) is 6.25. The van der Waals surface area contributed by atoms with Gasteiger partial charge in [-0.1, -0.05) is 12.1 Å². The first-order valence-electron chi connectivity index (χ1n) is 5.87. The zero-order valence-electron chi connectivity index (χ0n) is 10.5. The fourth-order valence-corrected chi connectivity index (χ4v) is 2.64. The van der Waals surface area contributed by atoms with Crippen molar-refractivity contribution in [3.05, 3.63) is 42.0 Å². The quantitative estimate of drug-likeness (QED) is 0.615. The molecule has 96 valence electrons. The highest BCUT2D eigenvalue weighted by atomic mass is 35.5. The van der Waals surface area contributed by atoms with Crippen LogP contribution < -0.4 is 0 Å². The molecule has 0 bridgehead atoms. The molecule has 3 nitrogen and oxygen atoms in total. The smallest absolute Gasteiger partial charge is 0.138 e. The summed E-state index contributed by atoms with van der Waals surface area (Å²) in [5, 5.41) is 4.23. The number of hydrogen-bond donors (Lipinski definition) is 0. The summed E-state index contributed by atoms with van der Waals surface area (Å²) < 4.78 is 1.96. The van der Waals surface area contributed by atoms with Crippen molar-refractivity contribution >= 4 is 23.4 Å². The molecule has 0 saturated heterocycles. The normalized spacial score (nSPS) is 11.1. The van der Waals surface area contributed by atoms with Gasteiger partial charge in [-0.2, -0.15) is 5.10 Å². The second-order valence-corrected chi connectivity index (χ2v) is 5.60. The molecule has 0 amide bonds. The largest absolute Gasteiger partial charge is 0.247 e. The van der Waals surface area contributed by atoms with Crippen LogP contribution in [-0.2, 0) is 11.6 Å². The third-order valence-electron chi connectivity index (χ3n) is 2.58. The van der Waals surface area contributed by atoms with E-state index in [2.05, 4.69) is 48.2 Å². The monoisotopic (exact) mass is 281 g/mol. The van der Waals surface area contributed by atoms with Gasteiger partial charge in [0.15, 0.2) is 0 Å². The SMILES string of the molecule is CC(C)n1ncnc1CSc1ccc(CCl)cc1. The Hall–Kier alpha value is -1.00. The van der Waals surface area contributed by atoms with E-state index < -0.39 is 0 Å². The molecule has 0 N–H and O–H groups in total. The van der Waals surface area contributed by atoms with E-state index in [0.717, 1.165) is 17.1 Å². The zero-order valence-corrected chi connectivity index (χ0v) is 12.1. The number of alkyl halides is 1. The van der Waals surface area contributed by atoms with E-state index in [1.54, 1.807) is 18.1 Å². The molecule has 2 aromatic rings. The molecular formula is C13H16ClN3S. The number of nitrogens with zero attached hydrogens (tertiary/aromatic N) is 3. The number of thioether (sulfide) groups is 1. The van der Waals surface area contributed by atoms with Gasteiger partial charge in [-0.15, -0.1) is 23.4 Å². The molecule has 5 heteroatoms. The van der Waals surface area contributed by atoms with E-state index in [-0.39, 0.29) is 0 Å². The summed E-state index contributed by atoms with van der Waals surface area (Å²) >= 11 is 7.53. The summed E-state index contributed by atoms with van der Waals surface area (Å²) in [6, 6.07) is 8.66. The maximum absolute atomic E-state index is 5.76. The summed E-state index contributed by atoms with van der Waals surface area (Å²) in [6.07, 6.45) is 1.62. The molecule has 0 aliphatic heterocycles. The number of halogens is 1. The highest BCUT2D eigenvalue weighted by molar-refractivity contribution is 7.98. The number of hydrogen-bond acceptors (Lipinski definition) is 3. The molecule has 0 spiro atoms. The van der Waals surface area contributed by atoms with E-state index >= 15 is 0 Å². The first-order chi connectivity index (χ1) is 8.70. The van der Waals surface area contributed by atoms with Crippen LogP contribution >= 0.6 is 23.4 Å². The van der Waals surface area contributed by atoms with Crippen LogP contribution in [0.3, 0.4) is 0 Å². The average molecular weight is 282 g/mol. The highest BCUT2D eigenvalue weighted by Gasteiger charge is 2.07. The van der Waals surface area contributed by atoms with Crippen molar-refractivity contribution in [1.29, 1.82) is 0 Å². The van der Waals surface area contributed by atoms with Crippen molar-refractivity contribution in [3.63, 3.8) is 0 Å². The fourth-order valence-electron chi connectivity index (χ4n) is 1.63. The van der Waals surface area contributed by atoms with Crippen LogP contribution in [0.2, 0.25) is 0 Å². The van der Waals surface area contributed by atoms with E-state index in [9.17, 15) is 0 Å². The van der Waals surface area contributed by atoms with Gasteiger partial charge in [-0.05, 0) is 31.5 Å². The molecule has 0 aliphatic carbocycles. The average Bonchev–Trinajstić information content (AvgIpc) is 2.85. The minimum Gasteiger partial charge on any atom is -0.247 e. The fraction of sp³-hybridized carbons (Fsp3) is 0.385. The molecule has 0 atom stereocenters. The molecule has 0 unspecified atom stereocenters. The molecule has 18 heavy (non-hydrogen) atoms. The van der Waals surface area contributed by atoms with Crippen LogP contribution in [0, 0.1) is 0 Å². The maximum atomic E-state index is 5.76. The van der Waals surface area contributed by atoms with Crippen molar-refractivity contribution in [2.75, 3.05) is 0 Å². The third-order valence-corrected chi connectivity index (χ3v) is 3.90. The van der Waals surface area contributed by atoms with E-state index in [1.807, 2.05) is 4.68 Å². The molecular weight excluding hydrogens is 266 g/mol. The Bertz CT molecular complexity index is 493. The number of rotatable bonds is 5. The Morgan fingerprint density at radius 2 is 2.00 bits per heavy atom. The van der Waals surface area contributed by atoms with Crippen LogP contribution in [-0.4, -0.2) is 14.8 Å². The molecule has 0 saturated carbocycles. The van der Waals surface area contributed by atoms with Crippen molar-refractivity contribution in [2.24, 2.45) is 0 Å². The van der Waals surface area contributed by atoms with Gasteiger partial charge >= 0.3 is 0 Å². The lowest BCUT2D eigenvalue weighted by Crippen LogP contribution is -2.07. The van der Waals surface area contributed by atoms with Crippen molar-refractivity contribution in [1.82, 2.24) is 14.8 Å². The summed E-state index contributed by atoms with van der Waals surface area (Å²) in [4.78, 5) is 5.52. The van der Waals surface area contributed by atoms with Gasteiger partial charge in [0.05, 0.1) is 5.75 Å². The molecule has 2 rings (SSSR count). The Balaban J connectivity index is 2.00. The Morgan fingerprint density at radius 3 is 2.61 bits per heavy atom. The number of benzene rings is 1. The predicted octanol–water partition coefficient (Wildman–Crippen LogP) is 3.89. The van der Waals surface area contributed by atoms with Crippen molar-refractivity contribution in [2.45, 2.75) is 36.4 Å². The summed E-state index contributed by atoms with van der Waals surface area (Å²) in [7, 11) is 0. The van der Waals surface area contributed by atoms with Gasteiger partial charge in [-0.25, -0.2) is 9.67 Å². The maximum Gasteiger partial charge on any atom is 0.138 e. The van der Waals surface area contributed by atoms with E-state index in [4.69, 9.17) is 11.6 Å². The third kappa shape index (κ3) is 3.27. The van der Waals surface area contributed by atoms with Gasteiger partial charge in [0.2, 0.25) is 0 Å². The molecule has 0 fully saturated rings. The van der Waals surface area contributed by atoms with Crippen LogP contribution in [0.1, 0.15) is 31.3 Å². The van der Waals surface area contributed by atoms with Crippen LogP contribution in [0.15, 0.2) is 35.5 Å². The highest BCUT2D eigenvalue weighted by Crippen LogP contribution is 2.23. The summed E-state index contributed by atoms with van der Waals surface area (Å²) in [5.41, 5.74) is 1.14. The standard InChI is InChI=1S/C13H16ClN3S/c1-10(2)17-13(15-9-16-17)8-18-12-5-3-11(7-14)4-6-12/h3-6,9-10H,7-8H2,1-2H3. The zero-order chi connectivity index (χ0) is 13.0. The molecule has 1 aromatic heterocycles. The van der Waals surface area contributed by atoms with E-state index in [1.165, 1.54) is 4.90 Å². The minimum atomic E-state index is 0.349. The first kappa shape index (κ1) is 13.4. The van der Waals surface area contributed by atoms with Gasteiger partial charge in [0.25, 0.3) is 0 Å². The number of aromatic nitrogens is 3. The Morgan fingerprint density at radius 1 is 1.28 bits per heavy atom. The van der Waals surface area contributed by atoms with Crippen LogP contribution in [0.5, 0.6) is 0 Å². The van der Waals surface area contributed by atoms with Crippen LogP contribution in [0.4, 0.5) is 0 Å². The summed E-state index contributed by atoms with van der Waals surface area (Å²) in [5.74, 6) is 2.40. The molecule has 1 aromatic carbocycles. The topological polar surface area (TPSA) is 30.7 Å². The summed E-state index contributed by atoms with van der Waals surface area (Å²) in [6.45, 7) is 4.22. The molecule has 0 radical (unpaired) electrons. The van der Waals surface area contributed by atoms with Gasteiger partial charge < -0.3 is 0 Å². The second-order valence-electron chi connectivity index (χ2n) is 4.28. The Kier molecular flexibility index (Phi) is 4.66. The van der Waals surface area contributed by atoms with Gasteiger partial charge in [0, 0.05) is 16.8 Å². The van der Waals surface area contributed by atoms with Gasteiger partial charge in [-0.3, -0.25) is 0 Å². The van der Waals surface area contributed by atoms with Gasteiger partial charge in [0.1, 0.15) is 12.2 Å². The lowest BCUT2D eigenvalue weighted by Gasteiger charge is -2.09. The predicted molar refractivity (Wildman–Crippen MR) is 76.0 cm³/mol. The molecule has 1 heterocycles. The lowest BCUT2D eigenvalue weighted by atomic mass is 10.2. The van der Waals surface area contributed by atoms with Crippen LogP contribution in [0.25, 0.3) is 0 Å². The van der Waals surface area contributed by atoms with Crippen molar-refractivity contribution < 1.29 is 0 Å².